The van der Waals surface area contributed by atoms with Gasteiger partial charge in [0.1, 0.15) is 5.75 Å². The molecule has 0 unspecified atom stereocenters. The van der Waals surface area contributed by atoms with E-state index < -0.39 is 27.1 Å². The number of rotatable bonds is 10. The van der Waals surface area contributed by atoms with Crippen LogP contribution in [0.1, 0.15) is 28.4 Å². The van der Waals surface area contributed by atoms with E-state index in [1.807, 2.05) is 6.92 Å². The number of hydrogen-bond acceptors (Lipinski definition) is 9. The first-order valence-corrected chi connectivity index (χ1v) is 11.5. The number of nitrogens with one attached hydrogen (secondary N) is 1. The molecular formula is C24H21BrN4O8. The molecule has 192 valence electrons. The second-order valence-electron chi connectivity index (χ2n) is 7.43. The highest BCUT2D eigenvalue weighted by atomic mass is 79.9. The summed E-state index contributed by atoms with van der Waals surface area (Å²) in [5, 5.41) is 26.5. The number of methoxy groups -OCH3 is 1. The number of carbonyl (C=O) groups is 1. The molecule has 1 amide bonds. The van der Waals surface area contributed by atoms with E-state index in [2.05, 4.69) is 26.5 Å². The van der Waals surface area contributed by atoms with Crippen molar-refractivity contribution in [3.8, 4) is 23.0 Å². The number of nitro benzene ring substituents is 2. The summed E-state index contributed by atoms with van der Waals surface area (Å²) < 4.78 is 17.0. The van der Waals surface area contributed by atoms with Crippen molar-refractivity contribution in [3.63, 3.8) is 0 Å². The van der Waals surface area contributed by atoms with Gasteiger partial charge in [-0.2, -0.15) is 5.10 Å². The van der Waals surface area contributed by atoms with Gasteiger partial charge in [0, 0.05) is 6.07 Å². The Morgan fingerprint density at radius 3 is 2.46 bits per heavy atom. The lowest BCUT2D eigenvalue weighted by Gasteiger charge is -2.14. The maximum Gasteiger partial charge on any atom is 0.318 e. The molecule has 0 bridgehead atoms. The molecule has 3 aromatic carbocycles. The average molecular weight is 573 g/mol. The van der Waals surface area contributed by atoms with Gasteiger partial charge < -0.3 is 14.2 Å². The van der Waals surface area contributed by atoms with E-state index in [1.165, 1.54) is 13.3 Å². The number of ether oxygens (including phenoxy) is 3. The fourth-order valence-electron chi connectivity index (χ4n) is 3.19. The van der Waals surface area contributed by atoms with Gasteiger partial charge in [0.2, 0.25) is 5.75 Å². The van der Waals surface area contributed by atoms with Crippen molar-refractivity contribution < 1.29 is 28.9 Å². The molecule has 37 heavy (non-hydrogen) atoms. The van der Waals surface area contributed by atoms with Crippen molar-refractivity contribution in [1.82, 2.24) is 5.43 Å². The summed E-state index contributed by atoms with van der Waals surface area (Å²) in [6.07, 6.45) is 1.38. The van der Waals surface area contributed by atoms with Crippen LogP contribution in [0.2, 0.25) is 0 Å². The summed E-state index contributed by atoms with van der Waals surface area (Å²) in [5.74, 6) is 0.0680. The largest absolute Gasteiger partial charge is 0.496 e. The number of hydrogen-bond donors (Lipinski definition) is 1. The minimum absolute atomic E-state index is 0.115. The number of hydrazone groups is 1. The van der Waals surface area contributed by atoms with Crippen LogP contribution < -0.4 is 19.6 Å². The molecule has 12 nitrogen and oxygen atoms in total. The van der Waals surface area contributed by atoms with Crippen LogP contribution in [-0.4, -0.2) is 35.7 Å². The van der Waals surface area contributed by atoms with Gasteiger partial charge in [-0.25, -0.2) is 5.43 Å². The lowest BCUT2D eigenvalue weighted by Crippen LogP contribution is -2.18. The van der Waals surface area contributed by atoms with Crippen molar-refractivity contribution in [1.29, 1.82) is 0 Å². The average Bonchev–Trinajstić information content (AvgIpc) is 2.85. The normalized spacial score (nSPS) is 10.7. The first-order valence-electron chi connectivity index (χ1n) is 10.7. The SMILES string of the molecule is CCOc1cc(/C=N\NC(=O)c2ccc(C)cc2OC)cc(Br)c1Oc1ccc([N+](=O)[O-])cc1[N+](=O)[O-]. The third-order valence-corrected chi connectivity index (χ3v) is 5.46. The molecule has 13 heteroatoms. The number of halogens is 1. The third kappa shape index (κ3) is 6.58. The number of amides is 1. The lowest BCUT2D eigenvalue weighted by atomic mass is 10.1. The van der Waals surface area contributed by atoms with E-state index in [0.717, 1.165) is 23.8 Å². The quantitative estimate of drug-likeness (QED) is 0.188. The van der Waals surface area contributed by atoms with Crippen molar-refractivity contribution in [3.05, 3.63) is 89.9 Å². The van der Waals surface area contributed by atoms with E-state index in [4.69, 9.17) is 14.2 Å². The summed E-state index contributed by atoms with van der Waals surface area (Å²) in [6.45, 7) is 3.86. The molecule has 0 saturated carbocycles. The van der Waals surface area contributed by atoms with Gasteiger partial charge in [0.25, 0.3) is 11.6 Å². The van der Waals surface area contributed by atoms with Crippen LogP contribution in [-0.2, 0) is 0 Å². The molecule has 0 heterocycles. The lowest BCUT2D eigenvalue weighted by molar-refractivity contribution is -0.394. The van der Waals surface area contributed by atoms with E-state index >= 15 is 0 Å². The fraction of sp³-hybridized carbons (Fsp3) is 0.167. The Balaban J connectivity index is 1.87. The smallest absolute Gasteiger partial charge is 0.318 e. The standard InChI is InChI=1S/C24H21BrN4O8/c1-4-36-22-11-15(13-26-27-24(30)17-7-5-14(2)9-21(17)35-3)10-18(25)23(22)37-20-8-6-16(28(31)32)12-19(20)29(33)34/h5-13H,4H2,1-3H3,(H,27,30)/b26-13-. The van der Waals surface area contributed by atoms with Crippen molar-refractivity contribution in [2.45, 2.75) is 13.8 Å². The van der Waals surface area contributed by atoms with Gasteiger partial charge >= 0.3 is 5.69 Å². The topological polar surface area (TPSA) is 155 Å². The minimum atomic E-state index is -0.774. The molecule has 0 atom stereocenters. The fourth-order valence-corrected chi connectivity index (χ4v) is 3.74. The second-order valence-corrected chi connectivity index (χ2v) is 8.29. The number of nitrogens with zero attached hydrogens (tertiary/aromatic N) is 3. The van der Waals surface area contributed by atoms with Crippen LogP contribution in [0, 0.1) is 27.2 Å². The monoisotopic (exact) mass is 572 g/mol. The molecule has 0 spiro atoms. The van der Waals surface area contributed by atoms with E-state index in [9.17, 15) is 25.0 Å². The molecular weight excluding hydrogens is 552 g/mol. The predicted molar refractivity (Wildman–Crippen MR) is 138 cm³/mol. The van der Waals surface area contributed by atoms with Gasteiger partial charge in [0.15, 0.2) is 11.5 Å². The molecule has 0 radical (unpaired) electrons. The number of benzene rings is 3. The first kappa shape index (κ1) is 27.1. The molecule has 0 aliphatic rings. The molecule has 0 aromatic heterocycles. The maximum absolute atomic E-state index is 12.5. The van der Waals surface area contributed by atoms with Crippen molar-refractivity contribution in [2.24, 2.45) is 5.10 Å². The van der Waals surface area contributed by atoms with Crippen LogP contribution in [0.3, 0.4) is 0 Å². The van der Waals surface area contributed by atoms with E-state index in [-0.39, 0.29) is 23.9 Å². The zero-order chi connectivity index (χ0) is 27.1. The van der Waals surface area contributed by atoms with Crippen molar-refractivity contribution in [2.75, 3.05) is 13.7 Å². The van der Waals surface area contributed by atoms with Crippen LogP contribution in [0.15, 0.2) is 58.1 Å². The Morgan fingerprint density at radius 1 is 1.05 bits per heavy atom. The van der Waals surface area contributed by atoms with Gasteiger partial charge in [0.05, 0.1) is 45.9 Å². The zero-order valence-electron chi connectivity index (χ0n) is 19.9. The van der Waals surface area contributed by atoms with E-state index in [0.29, 0.717) is 21.3 Å². The Morgan fingerprint density at radius 2 is 1.81 bits per heavy atom. The summed E-state index contributed by atoms with van der Waals surface area (Å²) in [6, 6.07) is 11.4. The number of non-ortho nitro benzene ring substituents is 1. The van der Waals surface area contributed by atoms with Gasteiger partial charge in [-0.15, -0.1) is 0 Å². The molecule has 0 fully saturated rings. The molecule has 0 aliphatic heterocycles. The highest BCUT2D eigenvalue weighted by Gasteiger charge is 2.23. The zero-order valence-corrected chi connectivity index (χ0v) is 21.5. The van der Waals surface area contributed by atoms with Gasteiger partial charge in [-0.05, 0) is 71.2 Å². The summed E-state index contributed by atoms with van der Waals surface area (Å²) in [4.78, 5) is 33.5. The Kier molecular flexibility index (Phi) is 8.74. The number of nitro groups is 2. The van der Waals surface area contributed by atoms with Crippen LogP contribution in [0.5, 0.6) is 23.0 Å². The van der Waals surface area contributed by atoms with Crippen LogP contribution >= 0.6 is 15.9 Å². The number of carbonyl (C=O) groups excluding carboxylic acids is 1. The van der Waals surface area contributed by atoms with Gasteiger partial charge in [-0.1, -0.05) is 6.07 Å². The molecule has 3 aromatic rings. The molecule has 0 saturated heterocycles. The highest BCUT2D eigenvalue weighted by molar-refractivity contribution is 9.10. The first-order chi connectivity index (χ1) is 17.6. The van der Waals surface area contributed by atoms with Crippen LogP contribution in [0.25, 0.3) is 0 Å². The minimum Gasteiger partial charge on any atom is -0.496 e. The summed E-state index contributed by atoms with van der Waals surface area (Å²) in [5.41, 5.74) is 3.17. The molecule has 1 N–H and O–H groups in total. The van der Waals surface area contributed by atoms with Crippen LogP contribution in [0.4, 0.5) is 11.4 Å². The Labute approximate surface area is 219 Å². The summed E-state index contributed by atoms with van der Waals surface area (Å²) >= 11 is 3.36. The Hall–Kier alpha value is -4.52. The second kappa shape index (κ2) is 11.9. The predicted octanol–water partition coefficient (Wildman–Crippen LogP) is 5.54. The maximum atomic E-state index is 12.5. The molecule has 3 rings (SSSR count). The number of aryl methyl sites for hydroxylation is 1. The summed E-state index contributed by atoms with van der Waals surface area (Å²) in [7, 11) is 1.47. The third-order valence-electron chi connectivity index (χ3n) is 4.88. The van der Waals surface area contributed by atoms with E-state index in [1.54, 1.807) is 37.3 Å². The van der Waals surface area contributed by atoms with Gasteiger partial charge in [-0.3, -0.25) is 25.0 Å². The molecule has 0 aliphatic carbocycles. The van der Waals surface area contributed by atoms with Crippen molar-refractivity contribution >= 4 is 39.4 Å². The highest BCUT2D eigenvalue weighted by Crippen LogP contribution is 2.42. The Bertz CT molecular complexity index is 1390.